The van der Waals surface area contributed by atoms with Gasteiger partial charge in [-0.1, -0.05) is 61.9 Å². The summed E-state index contributed by atoms with van der Waals surface area (Å²) in [6, 6.07) is 16.6. The molecule has 0 radical (unpaired) electrons. The van der Waals surface area contributed by atoms with Crippen LogP contribution in [-0.2, 0) is 12.8 Å². The highest BCUT2D eigenvalue weighted by molar-refractivity contribution is 7.71. The minimum Gasteiger partial charge on any atom is -0.265 e. The van der Waals surface area contributed by atoms with Gasteiger partial charge in [-0.3, -0.25) is 5.10 Å². The lowest BCUT2D eigenvalue weighted by Gasteiger charge is -2.12. The molecule has 8 nitrogen and oxygen atoms in total. The number of nitrogens with zero attached hydrogens (tertiary/aromatic N) is 6. The number of benzene rings is 2. The van der Waals surface area contributed by atoms with Crippen molar-refractivity contribution in [2.45, 2.75) is 33.1 Å². The van der Waals surface area contributed by atoms with Gasteiger partial charge in [-0.15, -0.1) is 10.2 Å². The lowest BCUT2D eigenvalue weighted by Crippen LogP contribution is -2.08. The first-order chi connectivity index (χ1) is 15.6. The maximum atomic E-state index is 5.29. The Kier molecular flexibility index (Phi) is 5.32. The minimum absolute atomic E-state index is 0.471. The standard InChI is InChI=1S/C23H22N8S/c1-3-6-20-19(22-25-23(32)28-31(22)14(2)24-20)13-15-9-11-16(12-10-15)17-7-4-5-8-18(17)21-26-29-30-27-21/h4-5,7-12H,3,6,13H2,1-2H3,(H,28,32)(H,26,27,29,30). The Morgan fingerprint density at radius 1 is 1.00 bits per heavy atom. The molecule has 0 atom stereocenters. The average Bonchev–Trinajstić information content (AvgIpc) is 3.47. The maximum Gasteiger partial charge on any atom is 0.214 e. The SMILES string of the molecule is CCCc1nc(C)n2[nH]c(=S)nc2c1Cc1ccc(-c2ccccc2-c2nn[nH]n2)cc1. The summed E-state index contributed by atoms with van der Waals surface area (Å²) in [7, 11) is 0. The highest BCUT2D eigenvalue weighted by Crippen LogP contribution is 2.30. The monoisotopic (exact) mass is 442 g/mol. The molecule has 0 aliphatic carbocycles. The Labute approximate surface area is 189 Å². The lowest BCUT2D eigenvalue weighted by molar-refractivity contribution is 0.790. The first-order valence-corrected chi connectivity index (χ1v) is 10.9. The first-order valence-electron chi connectivity index (χ1n) is 10.5. The van der Waals surface area contributed by atoms with Crippen LogP contribution in [0.4, 0.5) is 0 Å². The molecule has 0 aliphatic heterocycles. The van der Waals surface area contributed by atoms with Crippen LogP contribution in [0.3, 0.4) is 0 Å². The van der Waals surface area contributed by atoms with Crippen LogP contribution in [0.5, 0.6) is 0 Å². The fourth-order valence-electron chi connectivity index (χ4n) is 4.03. The lowest BCUT2D eigenvalue weighted by atomic mass is 9.96. The fourth-order valence-corrected chi connectivity index (χ4v) is 4.21. The van der Waals surface area contributed by atoms with Gasteiger partial charge in [0.25, 0.3) is 0 Å². The first kappa shape index (κ1) is 20.2. The third kappa shape index (κ3) is 3.71. The predicted octanol–water partition coefficient (Wildman–Crippen LogP) is 4.49. The largest absolute Gasteiger partial charge is 0.265 e. The van der Waals surface area contributed by atoms with Crippen molar-refractivity contribution in [2.24, 2.45) is 0 Å². The number of hydrogen-bond donors (Lipinski definition) is 2. The topological polar surface area (TPSA) is 100 Å². The number of fused-ring (bicyclic) bond motifs is 1. The van der Waals surface area contributed by atoms with Gasteiger partial charge in [0.1, 0.15) is 5.82 Å². The third-order valence-corrected chi connectivity index (χ3v) is 5.69. The molecule has 5 aromatic rings. The van der Waals surface area contributed by atoms with Gasteiger partial charge in [0.15, 0.2) is 5.65 Å². The molecule has 2 N–H and O–H groups in total. The quantitative estimate of drug-likeness (QED) is 0.376. The summed E-state index contributed by atoms with van der Waals surface area (Å²) in [5.74, 6) is 1.45. The minimum atomic E-state index is 0.471. The van der Waals surface area contributed by atoms with Gasteiger partial charge < -0.3 is 0 Å². The van der Waals surface area contributed by atoms with Crippen LogP contribution < -0.4 is 0 Å². The number of tetrazole rings is 1. The smallest absolute Gasteiger partial charge is 0.214 e. The molecule has 32 heavy (non-hydrogen) atoms. The van der Waals surface area contributed by atoms with Crippen LogP contribution in [0.25, 0.3) is 28.2 Å². The van der Waals surface area contributed by atoms with Crippen LogP contribution in [0.1, 0.15) is 36.0 Å². The molecule has 0 fully saturated rings. The average molecular weight is 443 g/mol. The van der Waals surface area contributed by atoms with E-state index in [1.165, 1.54) is 5.56 Å². The van der Waals surface area contributed by atoms with Crippen molar-refractivity contribution < 1.29 is 0 Å². The summed E-state index contributed by atoms with van der Waals surface area (Å²) < 4.78 is 2.35. The van der Waals surface area contributed by atoms with Crippen molar-refractivity contribution in [2.75, 3.05) is 0 Å². The van der Waals surface area contributed by atoms with Crippen LogP contribution >= 0.6 is 12.2 Å². The molecular formula is C23H22N8S. The van der Waals surface area contributed by atoms with Gasteiger partial charge in [0, 0.05) is 23.2 Å². The van der Waals surface area contributed by atoms with Crippen molar-refractivity contribution in [3.63, 3.8) is 0 Å². The molecule has 9 heteroatoms. The molecule has 0 saturated carbocycles. The zero-order chi connectivity index (χ0) is 22.1. The highest BCUT2D eigenvalue weighted by atomic mass is 32.1. The Bertz CT molecular complexity index is 1430. The Morgan fingerprint density at radius 2 is 1.78 bits per heavy atom. The van der Waals surface area contributed by atoms with Gasteiger partial charge in [0.05, 0.1) is 0 Å². The van der Waals surface area contributed by atoms with E-state index in [0.717, 1.165) is 58.7 Å². The second-order valence-corrected chi connectivity index (χ2v) is 8.06. The van der Waals surface area contributed by atoms with Crippen LogP contribution in [-0.4, -0.2) is 40.2 Å². The number of nitrogens with one attached hydrogen (secondary N) is 2. The molecule has 2 aromatic carbocycles. The van der Waals surface area contributed by atoms with E-state index in [2.05, 4.69) is 68.0 Å². The molecule has 3 aromatic heterocycles. The number of aryl methyl sites for hydroxylation is 2. The number of rotatable bonds is 6. The van der Waals surface area contributed by atoms with Gasteiger partial charge in [-0.05, 0) is 47.5 Å². The molecule has 3 heterocycles. The van der Waals surface area contributed by atoms with Crippen LogP contribution in [0.15, 0.2) is 48.5 Å². The summed E-state index contributed by atoms with van der Waals surface area (Å²) >= 11 is 5.29. The third-order valence-electron chi connectivity index (χ3n) is 5.51. The molecule has 160 valence electrons. The van der Waals surface area contributed by atoms with Crippen molar-refractivity contribution >= 4 is 17.9 Å². The van der Waals surface area contributed by atoms with E-state index in [9.17, 15) is 0 Å². The van der Waals surface area contributed by atoms with Crippen molar-refractivity contribution in [1.82, 2.24) is 40.2 Å². The number of aromatic nitrogens is 8. The van der Waals surface area contributed by atoms with E-state index in [1.54, 1.807) is 0 Å². The van der Waals surface area contributed by atoms with Crippen molar-refractivity contribution in [1.29, 1.82) is 0 Å². The fraction of sp³-hybridized carbons (Fsp3) is 0.217. The molecule has 0 amide bonds. The van der Waals surface area contributed by atoms with E-state index in [1.807, 2.05) is 29.6 Å². The molecule has 0 spiro atoms. The second kappa shape index (κ2) is 8.43. The van der Waals surface area contributed by atoms with Crippen molar-refractivity contribution in [3.05, 3.63) is 75.9 Å². The highest BCUT2D eigenvalue weighted by Gasteiger charge is 2.15. The predicted molar refractivity (Wildman–Crippen MR) is 125 cm³/mol. The zero-order valence-corrected chi connectivity index (χ0v) is 18.6. The number of hydrogen-bond acceptors (Lipinski definition) is 6. The van der Waals surface area contributed by atoms with Crippen LogP contribution in [0, 0.1) is 11.7 Å². The van der Waals surface area contributed by atoms with E-state index in [4.69, 9.17) is 17.2 Å². The van der Waals surface area contributed by atoms with Crippen LogP contribution in [0.2, 0.25) is 0 Å². The Balaban J connectivity index is 1.52. The van der Waals surface area contributed by atoms with E-state index < -0.39 is 0 Å². The summed E-state index contributed by atoms with van der Waals surface area (Å²) in [5, 5.41) is 17.6. The summed E-state index contributed by atoms with van der Waals surface area (Å²) in [6.45, 7) is 4.13. The molecule has 0 bridgehead atoms. The van der Waals surface area contributed by atoms with Gasteiger partial charge >= 0.3 is 0 Å². The summed E-state index contributed by atoms with van der Waals surface area (Å²) in [5.41, 5.74) is 7.33. The molecular weight excluding hydrogens is 420 g/mol. The van der Waals surface area contributed by atoms with Crippen molar-refractivity contribution in [3.8, 4) is 22.5 Å². The Morgan fingerprint density at radius 3 is 2.50 bits per heavy atom. The molecule has 0 aliphatic rings. The number of H-pyrrole nitrogens is 2. The second-order valence-electron chi connectivity index (χ2n) is 7.68. The molecule has 0 unspecified atom stereocenters. The van der Waals surface area contributed by atoms with E-state index in [0.29, 0.717) is 10.6 Å². The number of aromatic amines is 2. The normalized spacial score (nSPS) is 11.3. The van der Waals surface area contributed by atoms with E-state index >= 15 is 0 Å². The summed E-state index contributed by atoms with van der Waals surface area (Å²) in [4.78, 5) is 9.41. The zero-order valence-electron chi connectivity index (χ0n) is 17.8. The van der Waals surface area contributed by atoms with Gasteiger partial charge in [0.2, 0.25) is 10.6 Å². The molecule has 5 rings (SSSR count). The van der Waals surface area contributed by atoms with Gasteiger partial charge in [-0.2, -0.15) is 10.2 Å². The van der Waals surface area contributed by atoms with E-state index in [-0.39, 0.29) is 0 Å². The molecule has 0 saturated heterocycles. The Hall–Kier alpha value is -3.72. The van der Waals surface area contributed by atoms with Gasteiger partial charge in [-0.25, -0.2) is 9.50 Å². The summed E-state index contributed by atoms with van der Waals surface area (Å²) in [6.07, 6.45) is 2.66. The maximum absolute atomic E-state index is 5.29.